The molecule has 0 bridgehead atoms. The second-order valence-electron chi connectivity index (χ2n) is 5.81. The van der Waals surface area contributed by atoms with E-state index in [-0.39, 0.29) is 18.4 Å². The molecule has 0 spiro atoms. The van der Waals surface area contributed by atoms with Gasteiger partial charge in [0, 0.05) is 18.7 Å². The van der Waals surface area contributed by atoms with Crippen LogP contribution in [0.4, 0.5) is 0 Å². The largest absolute Gasteiger partial charge is 0.494 e. The summed E-state index contributed by atoms with van der Waals surface area (Å²) in [6, 6.07) is 14.6. The van der Waals surface area contributed by atoms with Crippen LogP contribution in [0.1, 0.15) is 29.8 Å². The first-order valence-electron chi connectivity index (χ1n) is 9.12. The summed E-state index contributed by atoms with van der Waals surface area (Å²) in [5.41, 5.74) is 1.61. The van der Waals surface area contributed by atoms with Crippen molar-refractivity contribution in [1.82, 2.24) is 10.6 Å². The molecule has 0 heterocycles. The van der Waals surface area contributed by atoms with Gasteiger partial charge in [0.1, 0.15) is 11.5 Å². The van der Waals surface area contributed by atoms with E-state index < -0.39 is 0 Å². The Morgan fingerprint density at radius 3 is 2.30 bits per heavy atom. The van der Waals surface area contributed by atoms with Gasteiger partial charge < -0.3 is 20.1 Å². The van der Waals surface area contributed by atoms with Crippen LogP contribution in [-0.2, 0) is 11.2 Å². The summed E-state index contributed by atoms with van der Waals surface area (Å²) in [6.07, 6.45) is 0.843. The van der Waals surface area contributed by atoms with Crippen molar-refractivity contribution in [2.45, 2.75) is 20.3 Å². The smallest absolute Gasteiger partial charge is 0.258 e. The van der Waals surface area contributed by atoms with Crippen LogP contribution in [0.15, 0.2) is 48.5 Å². The molecule has 0 aliphatic carbocycles. The lowest BCUT2D eigenvalue weighted by atomic mass is 10.1. The van der Waals surface area contributed by atoms with E-state index in [0.29, 0.717) is 25.3 Å². The number of benzene rings is 2. The van der Waals surface area contributed by atoms with Crippen LogP contribution in [0.25, 0.3) is 0 Å². The standard InChI is InChI=1S/C21H26N2O4/c1-3-16-7-5-6-8-19(16)27-15-20(24)22-13-14-23-21(25)17-9-11-18(12-10-17)26-4-2/h5-12H,3-4,13-15H2,1-2H3,(H,22,24)(H,23,25). The van der Waals surface area contributed by atoms with Gasteiger partial charge in [-0.1, -0.05) is 25.1 Å². The van der Waals surface area contributed by atoms with Gasteiger partial charge in [-0.15, -0.1) is 0 Å². The van der Waals surface area contributed by atoms with Crippen LogP contribution in [0.2, 0.25) is 0 Å². The summed E-state index contributed by atoms with van der Waals surface area (Å²) in [5.74, 6) is 1.03. The predicted molar refractivity (Wildman–Crippen MR) is 104 cm³/mol. The lowest BCUT2D eigenvalue weighted by Gasteiger charge is -2.11. The number of carbonyl (C=O) groups excluding carboxylic acids is 2. The van der Waals surface area contributed by atoms with Gasteiger partial charge in [0.15, 0.2) is 6.61 Å². The molecule has 144 valence electrons. The lowest BCUT2D eigenvalue weighted by molar-refractivity contribution is -0.123. The van der Waals surface area contributed by atoms with Gasteiger partial charge in [0.05, 0.1) is 6.61 Å². The van der Waals surface area contributed by atoms with Crippen molar-refractivity contribution in [2.24, 2.45) is 0 Å². The van der Waals surface area contributed by atoms with Gasteiger partial charge in [-0.2, -0.15) is 0 Å². The van der Waals surface area contributed by atoms with Crippen LogP contribution in [0.5, 0.6) is 11.5 Å². The van der Waals surface area contributed by atoms with E-state index in [2.05, 4.69) is 10.6 Å². The highest BCUT2D eigenvalue weighted by molar-refractivity contribution is 5.94. The van der Waals surface area contributed by atoms with Crippen molar-refractivity contribution in [3.8, 4) is 11.5 Å². The second kappa shape index (κ2) is 10.9. The molecule has 2 N–H and O–H groups in total. The number of hydrogen-bond acceptors (Lipinski definition) is 4. The van der Waals surface area contributed by atoms with Crippen molar-refractivity contribution in [3.63, 3.8) is 0 Å². The van der Waals surface area contributed by atoms with Crippen LogP contribution >= 0.6 is 0 Å². The summed E-state index contributed by atoms with van der Waals surface area (Å²) in [5, 5.41) is 5.49. The fraction of sp³-hybridized carbons (Fsp3) is 0.333. The molecule has 0 aliphatic rings. The zero-order valence-electron chi connectivity index (χ0n) is 15.8. The van der Waals surface area contributed by atoms with Crippen LogP contribution in [-0.4, -0.2) is 38.1 Å². The van der Waals surface area contributed by atoms with Crippen LogP contribution in [0.3, 0.4) is 0 Å². The normalized spacial score (nSPS) is 10.1. The first kappa shape index (κ1) is 20.3. The average Bonchev–Trinajstić information content (AvgIpc) is 2.70. The molecule has 0 radical (unpaired) electrons. The third kappa shape index (κ3) is 6.66. The Morgan fingerprint density at radius 2 is 1.59 bits per heavy atom. The Kier molecular flexibility index (Phi) is 8.16. The lowest BCUT2D eigenvalue weighted by Crippen LogP contribution is -2.36. The highest BCUT2D eigenvalue weighted by Gasteiger charge is 2.07. The summed E-state index contributed by atoms with van der Waals surface area (Å²) >= 11 is 0. The minimum Gasteiger partial charge on any atom is -0.494 e. The third-order valence-electron chi connectivity index (χ3n) is 3.87. The molecule has 2 aromatic carbocycles. The Hall–Kier alpha value is -3.02. The fourth-order valence-electron chi connectivity index (χ4n) is 2.48. The first-order chi connectivity index (χ1) is 13.1. The summed E-state index contributed by atoms with van der Waals surface area (Å²) < 4.78 is 10.9. The monoisotopic (exact) mass is 370 g/mol. The Balaban J connectivity index is 1.66. The maximum atomic E-state index is 12.1. The van der Waals surface area contributed by atoms with E-state index in [0.717, 1.165) is 23.5 Å². The van der Waals surface area contributed by atoms with Crippen LogP contribution < -0.4 is 20.1 Å². The zero-order valence-corrected chi connectivity index (χ0v) is 15.8. The number of hydrogen-bond donors (Lipinski definition) is 2. The van der Waals surface area contributed by atoms with Gasteiger partial charge in [-0.3, -0.25) is 9.59 Å². The molecule has 0 aromatic heterocycles. The molecule has 27 heavy (non-hydrogen) atoms. The van der Waals surface area contributed by atoms with Gasteiger partial charge in [-0.05, 0) is 49.2 Å². The van der Waals surface area contributed by atoms with Crippen LogP contribution in [0, 0.1) is 0 Å². The fourth-order valence-corrected chi connectivity index (χ4v) is 2.48. The molecule has 0 saturated carbocycles. The highest BCUT2D eigenvalue weighted by atomic mass is 16.5. The third-order valence-corrected chi connectivity index (χ3v) is 3.87. The van der Waals surface area contributed by atoms with Gasteiger partial charge in [0.2, 0.25) is 0 Å². The highest BCUT2D eigenvalue weighted by Crippen LogP contribution is 2.17. The topological polar surface area (TPSA) is 76.7 Å². The maximum absolute atomic E-state index is 12.1. The summed E-state index contributed by atoms with van der Waals surface area (Å²) in [4.78, 5) is 23.9. The molecular weight excluding hydrogens is 344 g/mol. The SMILES string of the molecule is CCOc1ccc(C(=O)NCCNC(=O)COc2ccccc2CC)cc1. The molecule has 0 aliphatic heterocycles. The van der Waals surface area contributed by atoms with Gasteiger partial charge in [0.25, 0.3) is 11.8 Å². The van der Waals surface area contributed by atoms with Crippen molar-refractivity contribution in [1.29, 1.82) is 0 Å². The molecule has 0 atom stereocenters. The first-order valence-corrected chi connectivity index (χ1v) is 9.12. The molecule has 2 aromatic rings. The van der Waals surface area contributed by atoms with E-state index in [4.69, 9.17) is 9.47 Å². The number of ether oxygens (including phenoxy) is 2. The predicted octanol–water partition coefficient (Wildman–Crippen LogP) is 2.57. The van der Waals surface area contributed by atoms with E-state index in [1.165, 1.54) is 0 Å². The summed E-state index contributed by atoms with van der Waals surface area (Å²) in [7, 11) is 0. The van der Waals surface area contributed by atoms with Crippen molar-refractivity contribution in [3.05, 3.63) is 59.7 Å². The van der Waals surface area contributed by atoms with E-state index in [1.54, 1.807) is 24.3 Å². The Morgan fingerprint density at radius 1 is 0.889 bits per heavy atom. The number of aryl methyl sites for hydroxylation is 1. The second-order valence-corrected chi connectivity index (χ2v) is 5.81. The molecule has 0 unspecified atom stereocenters. The van der Waals surface area contributed by atoms with Crippen molar-refractivity contribution >= 4 is 11.8 Å². The molecule has 2 amide bonds. The zero-order chi connectivity index (χ0) is 19.5. The average molecular weight is 370 g/mol. The van der Waals surface area contributed by atoms with Crippen molar-refractivity contribution < 1.29 is 19.1 Å². The molecule has 0 fully saturated rings. The number of amides is 2. The van der Waals surface area contributed by atoms with Gasteiger partial charge in [-0.25, -0.2) is 0 Å². The quantitative estimate of drug-likeness (QED) is 0.630. The molecule has 6 heteroatoms. The van der Waals surface area contributed by atoms with E-state index in [9.17, 15) is 9.59 Å². The molecule has 6 nitrogen and oxygen atoms in total. The van der Waals surface area contributed by atoms with E-state index in [1.807, 2.05) is 38.1 Å². The number of para-hydroxylation sites is 1. The minimum absolute atomic E-state index is 0.0517. The Labute approximate surface area is 159 Å². The molecule has 2 rings (SSSR count). The molecular formula is C21H26N2O4. The maximum Gasteiger partial charge on any atom is 0.258 e. The Bertz CT molecular complexity index is 744. The summed E-state index contributed by atoms with van der Waals surface area (Å²) in [6.45, 7) is 5.14. The van der Waals surface area contributed by atoms with Crippen molar-refractivity contribution in [2.75, 3.05) is 26.3 Å². The van der Waals surface area contributed by atoms with E-state index >= 15 is 0 Å². The number of rotatable bonds is 10. The minimum atomic E-state index is -0.226. The molecule has 0 saturated heterocycles. The number of carbonyl (C=O) groups is 2. The number of nitrogens with one attached hydrogen (secondary N) is 2. The van der Waals surface area contributed by atoms with Gasteiger partial charge >= 0.3 is 0 Å².